The number of benzene rings is 1. The Labute approximate surface area is 189 Å². The minimum Gasteiger partial charge on any atom is -0.357 e. The van der Waals surface area contributed by atoms with Gasteiger partial charge in [0.05, 0.1) is 23.5 Å². The molecule has 2 aromatic rings. The predicted molar refractivity (Wildman–Crippen MR) is 124 cm³/mol. The zero-order valence-electron chi connectivity index (χ0n) is 18.9. The van der Waals surface area contributed by atoms with Crippen LogP contribution in [0.1, 0.15) is 59.9 Å². The number of rotatable bonds is 7. The number of fused-ring (bicyclic) bond motifs is 1. The summed E-state index contributed by atoms with van der Waals surface area (Å²) in [6.45, 7) is 8.17. The van der Waals surface area contributed by atoms with Gasteiger partial charge in [0, 0.05) is 45.1 Å². The summed E-state index contributed by atoms with van der Waals surface area (Å²) in [5, 5.41) is 3.42. The van der Waals surface area contributed by atoms with E-state index in [0.717, 1.165) is 44.9 Å². The van der Waals surface area contributed by atoms with E-state index in [-0.39, 0.29) is 11.8 Å². The first kappa shape index (κ1) is 22.0. The third kappa shape index (κ3) is 4.54. The van der Waals surface area contributed by atoms with Gasteiger partial charge in [0.1, 0.15) is 0 Å². The molecule has 2 aliphatic rings. The van der Waals surface area contributed by atoms with E-state index >= 15 is 0 Å². The largest absolute Gasteiger partial charge is 0.357 e. The average molecular weight is 437 g/mol. The maximum atomic E-state index is 12.5. The second kappa shape index (κ2) is 9.97. The normalized spacial score (nSPS) is 21.2. The SMILES string of the molecule is CCNC(=NCCCCN1C(=O)c2ccccc2C1=O)N1CCC(C)C(n2ccnc2)C1. The number of piperidine rings is 1. The Bertz CT molecular complexity index is 936. The molecule has 2 aliphatic heterocycles. The lowest BCUT2D eigenvalue weighted by molar-refractivity contribution is 0.0652. The monoisotopic (exact) mass is 436 g/mol. The van der Waals surface area contributed by atoms with Crippen molar-refractivity contribution >= 4 is 17.8 Å². The molecule has 0 spiro atoms. The lowest BCUT2D eigenvalue weighted by Gasteiger charge is -2.39. The molecule has 0 saturated carbocycles. The molecule has 4 rings (SSSR count). The predicted octanol–water partition coefficient (Wildman–Crippen LogP) is 2.81. The number of unbranched alkanes of at least 4 members (excludes halogenated alkanes) is 1. The first-order valence-electron chi connectivity index (χ1n) is 11.6. The van der Waals surface area contributed by atoms with E-state index in [1.807, 2.05) is 18.7 Å². The molecular weight excluding hydrogens is 404 g/mol. The Morgan fingerprint density at radius 2 is 1.94 bits per heavy atom. The molecule has 0 radical (unpaired) electrons. The number of likely N-dealkylation sites (tertiary alicyclic amines) is 1. The summed E-state index contributed by atoms with van der Waals surface area (Å²) < 4.78 is 2.20. The fraction of sp³-hybridized carbons (Fsp3) is 0.500. The number of imidazole rings is 1. The lowest BCUT2D eigenvalue weighted by atomic mass is 9.93. The highest BCUT2D eigenvalue weighted by molar-refractivity contribution is 6.21. The summed E-state index contributed by atoms with van der Waals surface area (Å²) in [6.07, 6.45) is 8.43. The molecule has 0 aliphatic carbocycles. The molecule has 8 nitrogen and oxygen atoms in total. The molecule has 8 heteroatoms. The topological polar surface area (TPSA) is 82.8 Å². The number of carbonyl (C=O) groups is 2. The highest BCUT2D eigenvalue weighted by atomic mass is 16.2. The van der Waals surface area contributed by atoms with Crippen LogP contribution in [-0.2, 0) is 0 Å². The van der Waals surface area contributed by atoms with Gasteiger partial charge in [0.25, 0.3) is 11.8 Å². The Hall–Kier alpha value is -3.16. The minimum absolute atomic E-state index is 0.185. The van der Waals surface area contributed by atoms with Crippen LogP contribution in [0.25, 0.3) is 0 Å². The molecule has 3 heterocycles. The van der Waals surface area contributed by atoms with Gasteiger partial charge in [-0.2, -0.15) is 0 Å². The summed E-state index contributed by atoms with van der Waals surface area (Å²) in [7, 11) is 0. The van der Waals surface area contributed by atoms with Crippen molar-refractivity contribution in [2.45, 2.75) is 39.2 Å². The minimum atomic E-state index is -0.185. The quantitative estimate of drug-likeness (QED) is 0.312. The lowest BCUT2D eigenvalue weighted by Crippen LogP contribution is -2.49. The van der Waals surface area contributed by atoms with Crippen LogP contribution in [-0.4, -0.2) is 69.8 Å². The van der Waals surface area contributed by atoms with E-state index in [9.17, 15) is 9.59 Å². The van der Waals surface area contributed by atoms with Gasteiger partial charge in [-0.05, 0) is 44.2 Å². The van der Waals surface area contributed by atoms with Crippen LogP contribution in [0.2, 0.25) is 0 Å². The first-order chi connectivity index (χ1) is 15.6. The van der Waals surface area contributed by atoms with Gasteiger partial charge in [-0.1, -0.05) is 19.1 Å². The van der Waals surface area contributed by atoms with Crippen LogP contribution >= 0.6 is 0 Å². The van der Waals surface area contributed by atoms with E-state index in [0.29, 0.717) is 36.2 Å². The molecule has 1 aromatic carbocycles. The summed E-state index contributed by atoms with van der Waals surface area (Å²) in [6, 6.07) is 7.41. The number of hydrogen-bond acceptors (Lipinski definition) is 4. The van der Waals surface area contributed by atoms with Crippen molar-refractivity contribution in [1.29, 1.82) is 0 Å². The second-order valence-corrected chi connectivity index (χ2v) is 8.54. The van der Waals surface area contributed by atoms with Crippen LogP contribution in [0.15, 0.2) is 48.0 Å². The maximum absolute atomic E-state index is 12.5. The summed E-state index contributed by atoms with van der Waals surface area (Å²) >= 11 is 0. The van der Waals surface area contributed by atoms with Crippen LogP contribution in [0.3, 0.4) is 0 Å². The second-order valence-electron chi connectivity index (χ2n) is 8.54. The van der Waals surface area contributed by atoms with E-state index in [1.165, 1.54) is 4.90 Å². The van der Waals surface area contributed by atoms with Crippen molar-refractivity contribution in [3.05, 3.63) is 54.1 Å². The van der Waals surface area contributed by atoms with Gasteiger partial charge in [0.2, 0.25) is 0 Å². The molecule has 2 unspecified atom stereocenters. The third-order valence-corrected chi connectivity index (χ3v) is 6.39. The number of aliphatic imine (C=N–C) groups is 1. The van der Waals surface area contributed by atoms with Gasteiger partial charge in [-0.3, -0.25) is 19.5 Å². The van der Waals surface area contributed by atoms with Crippen LogP contribution < -0.4 is 5.32 Å². The summed E-state index contributed by atoms with van der Waals surface area (Å²) in [5.41, 5.74) is 1.02. The Balaban J connectivity index is 1.30. The van der Waals surface area contributed by atoms with Crippen LogP contribution in [0.4, 0.5) is 0 Å². The molecule has 32 heavy (non-hydrogen) atoms. The average Bonchev–Trinajstić information content (AvgIpc) is 3.42. The number of guanidine groups is 1. The molecule has 1 fully saturated rings. The number of nitrogens with zero attached hydrogens (tertiary/aromatic N) is 5. The van der Waals surface area contributed by atoms with Gasteiger partial charge in [-0.25, -0.2) is 4.98 Å². The van der Waals surface area contributed by atoms with E-state index in [4.69, 9.17) is 4.99 Å². The zero-order valence-corrected chi connectivity index (χ0v) is 18.9. The molecular formula is C24H32N6O2. The van der Waals surface area contributed by atoms with Gasteiger partial charge >= 0.3 is 0 Å². The molecule has 170 valence electrons. The number of carbonyl (C=O) groups excluding carboxylic acids is 2. The summed E-state index contributed by atoms with van der Waals surface area (Å²) in [5.74, 6) is 1.15. The maximum Gasteiger partial charge on any atom is 0.261 e. The van der Waals surface area contributed by atoms with Crippen LogP contribution in [0, 0.1) is 5.92 Å². The summed E-state index contributed by atoms with van der Waals surface area (Å²) in [4.78, 5) is 37.7. The van der Waals surface area contributed by atoms with E-state index in [2.05, 4.69) is 33.6 Å². The van der Waals surface area contributed by atoms with Crippen molar-refractivity contribution in [3.63, 3.8) is 0 Å². The molecule has 2 amide bonds. The Morgan fingerprint density at radius 3 is 2.59 bits per heavy atom. The first-order valence-corrected chi connectivity index (χ1v) is 11.6. The smallest absolute Gasteiger partial charge is 0.261 e. The number of amides is 2. The highest BCUT2D eigenvalue weighted by Crippen LogP contribution is 2.27. The van der Waals surface area contributed by atoms with Crippen LogP contribution in [0.5, 0.6) is 0 Å². The molecule has 2 atom stereocenters. The molecule has 0 bridgehead atoms. The third-order valence-electron chi connectivity index (χ3n) is 6.39. The van der Waals surface area contributed by atoms with Crippen molar-refractivity contribution in [1.82, 2.24) is 24.7 Å². The molecule has 1 N–H and O–H groups in total. The highest BCUT2D eigenvalue weighted by Gasteiger charge is 2.34. The fourth-order valence-corrected chi connectivity index (χ4v) is 4.53. The van der Waals surface area contributed by atoms with Crippen molar-refractivity contribution in [2.75, 3.05) is 32.7 Å². The van der Waals surface area contributed by atoms with Gasteiger partial charge in [0.15, 0.2) is 5.96 Å². The Kier molecular flexibility index (Phi) is 6.87. The number of imide groups is 1. The van der Waals surface area contributed by atoms with Gasteiger partial charge < -0.3 is 14.8 Å². The van der Waals surface area contributed by atoms with Crippen molar-refractivity contribution < 1.29 is 9.59 Å². The number of hydrogen-bond donors (Lipinski definition) is 1. The van der Waals surface area contributed by atoms with E-state index < -0.39 is 0 Å². The van der Waals surface area contributed by atoms with Gasteiger partial charge in [-0.15, -0.1) is 0 Å². The molecule has 1 saturated heterocycles. The molecule has 1 aromatic heterocycles. The zero-order chi connectivity index (χ0) is 22.5. The van der Waals surface area contributed by atoms with Crippen molar-refractivity contribution in [3.8, 4) is 0 Å². The Morgan fingerprint density at radius 1 is 1.19 bits per heavy atom. The van der Waals surface area contributed by atoms with E-state index in [1.54, 1.807) is 24.3 Å². The number of nitrogens with one attached hydrogen (secondary N) is 1. The number of aromatic nitrogens is 2. The fourth-order valence-electron chi connectivity index (χ4n) is 4.53. The van der Waals surface area contributed by atoms with Crippen molar-refractivity contribution in [2.24, 2.45) is 10.9 Å². The standard InChI is InChI=1S/C24H32N6O2/c1-3-26-24(28-14-10-18(2)21(16-28)29-15-12-25-17-29)27-11-6-7-13-30-22(31)19-8-4-5-9-20(19)23(30)32/h4-5,8-9,12,15,17-18,21H,3,6-7,10-11,13-14,16H2,1-2H3,(H,26,27).